The van der Waals surface area contributed by atoms with Crippen LogP contribution in [-0.4, -0.2) is 38.6 Å². The third-order valence-corrected chi connectivity index (χ3v) is 5.63. The van der Waals surface area contributed by atoms with E-state index in [0.29, 0.717) is 21.9 Å². The number of esters is 1. The summed E-state index contributed by atoms with van der Waals surface area (Å²) in [5.41, 5.74) is 6.79. The number of carbonyl (C=O) groups is 3. The molecule has 0 aliphatic rings. The fraction of sp³-hybridized carbons (Fsp3) is 0.136. The molecular formula is C22H19ClN2O6S. The molecular weight excluding hydrogens is 456 g/mol. The number of anilines is 1. The van der Waals surface area contributed by atoms with Crippen molar-refractivity contribution < 1.29 is 28.6 Å². The van der Waals surface area contributed by atoms with Gasteiger partial charge in [0, 0.05) is 21.5 Å². The average Bonchev–Trinajstić information content (AvgIpc) is 3.20. The van der Waals surface area contributed by atoms with Crippen LogP contribution in [0.15, 0.2) is 47.8 Å². The minimum atomic E-state index is -0.727. The van der Waals surface area contributed by atoms with Gasteiger partial charge in [0.15, 0.2) is 6.61 Å². The Balaban J connectivity index is 1.81. The fourth-order valence-corrected chi connectivity index (χ4v) is 4.09. The molecule has 2 amide bonds. The lowest BCUT2D eigenvalue weighted by Gasteiger charge is -2.12. The Morgan fingerprint density at radius 3 is 2.50 bits per heavy atom. The van der Waals surface area contributed by atoms with Gasteiger partial charge in [0.25, 0.3) is 11.8 Å². The van der Waals surface area contributed by atoms with Gasteiger partial charge in [-0.15, -0.1) is 11.3 Å². The number of hydrogen-bond acceptors (Lipinski definition) is 7. The first kappa shape index (κ1) is 23.1. The molecule has 0 spiro atoms. The summed E-state index contributed by atoms with van der Waals surface area (Å²) in [6, 6.07) is 11.5. The molecule has 0 saturated heterocycles. The molecule has 166 valence electrons. The average molecular weight is 475 g/mol. The van der Waals surface area contributed by atoms with Gasteiger partial charge in [-0.1, -0.05) is 29.8 Å². The molecule has 0 bridgehead atoms. The molecule has 10 heteroatoms. The second-order valence-electron chi connectivity index (χ2n) is 6.39. The number of nitrogens with two attached hydrogens (primary N) is 1. The summed E-state index contributed by atoms with van der Waals surface area (Å²) in [6.45, 7) is -0.424. The van der Waals surface area contributed by atoms with Crippen molar-refractivity contribution in [3.8, 4) is 22.6 Å². The first-order valence-corrected chi connectivity index (χ1v) is 10.5. The van der Waals surface area contributed by atoms with Crippen molar-refractivity contribution in [2.24, 2.45) is 5.73 Å². The minimum Gasteiger partial charge on any atom is -0.497 e. The Bertz CT molecular complexity index is 1180. The zero-order valence-electron chi connectivity index (χ0n) is 17.1. The predicted molar refractivity (Wildman–Crippen MR) is 122 cm³/mol. The lowest BCUT2D eigenvalue weighted by molar-refractivity contribution is -0.118. The summed E-state index contributed by atoms with van der Waals surface area (Å²) in [5.74, 6) is -1.35. The number of methoxy groups -OCH3 is 2. The van der Waals surface area contributed by atoms with Crippen molar-refractivity contribution in [1.82, 2.24) is 0 Å². The van der Waals surface area contributed by atoms with Gasteiger partial charge in [0.05, 0.1) is 19.8 Å². The van der Waals surface area contributed by atoms with E-state index >= 15 is 0 Å². The van der Waals surface area contributed by atoms with Crippen LogP contribution in [0, 0.1) is 0 Å². The van der Waals surface area contributed by atoms with Crippen molar-refractivity contribution >= 4 is 45.7 Å². The summed E-state index contributed by atoms with van der Waals surface area (Å²) in [5, 5.41) is 5.09. The number of carbonyl (C=O) groups excluding carboxylic acids is 3. The lowest BCUT2D eigenvalue weighted by atomic mass is 10.0. The Morgan fingerprint density at radius 1 is 1.09 bits per heavy atom. The van der Waals surface area contributed by atoms with Gasteiger partial charge in [0.2, 0.25) is 0 Å². The summed E-state index contributed by atoms with van der Waals surface area (Å²) >= 11 is 7.42. The summed E-state index contributed by atoms with van der Waals surface area (Å²) in [7, 11) is 2.70. The van der Waals surface area contributed by atoms with Gasteiger partial charge in [-0.05, 0) is 24.3 Å². The molecule has 0 saturated carbocycles. The quantitative estimate of drug-likeness (QED) is 0.477. The van der Waals surface area contributed by atoms with Gasteiger partial charge in [-0.25, -0.2) is 4.79 Å². The van der Waals surface area contributed by atoms with Gasteiger partial charge in [-0.2, -0.15) is 0 Å². The Hall–Kier alpha value is -3.56. The Labute approximate surface area is 192 Å². The Kier molecular flexibility index (Phi) is 7.34. The van der Waals surface area contributed by atoms with Crippen molar-refractivity contribution in [2.75, 3.05) is 26.1 Å². The van der Waals surface area contributed by atoms with E-state index in [4.69, 9.17) is 31.5 Å². The Morgan fingerprint density at radius 2 is 1.84 bits per heavy atom. The van der Waals surface area contributed by atoms with E-state index in [2.05, 4.69) is 5.32 Å². The van der Waals surface area contributed by atoms with E-state index in [1.54, 1.807) is 35.7 Å². The number of benzene rings is 2. The number of hydrogen-bond donors (Lipinski definition) is 2. The van der Waals surface area contributed by atoms with E-state index in [-0.39, 0.29) is 21.9 Å². The molecule has 2 aromatic carbocycles. The number of amides is 2. The second kappa shape index (κ2) is 10.2. The van der Waals surface area contributed by atoms with Crippen molar-refractivity contribution in [1.29, 1.82) is 0 Å². The van der Waals surface area contributed by atoms with Gasteiger partial charge in [0.1, 0.15) is 22.1 Å². The monoisotopic (exact) mass is 474 g/mol. The van der Waals surface area contributed by atoms with Crippen LogP contribution in [-0.2, 0) is 9.53 Å². The normalized spacial score (nSPS) is 10.3. The molecule has 0 radical (unpaired) electrons. The number of rotatable bonds is 8. The van der Waals surface area contributed by atoms with Crippen molar-refractivity contribution in [3.05, 3.63) is 64.0 Å². The van der Waals surface area contributed by atoms with E-state index in [9.17, 15) is 14.4 Å². The fourth-order valence-electron chi connectivity index (χ4n) is 2.89. The molecule has 0 fully saturated rings. The molecule has 0 atom stereocenters. The number of halogens is 1. The van der Waals surface area contributed by atoms with E-state index < -0.39 is 24.4 Å². The first-order valence-electron chi connectivity index (χ1n) is 9.21. The molecule has 3 N–H and O–H groups in total. The van der Waals surface area contributed by atoms with Crippen LogP contribution in [0.1, 0.15) is 20.7 Å². The predicted octanol–water partition coefficient (Wildman–Crippen LogP) is 3.98. The number of ether oxygens (including phenoxy) is 3. The van der Waals surface area contributed by atoms with Gasteiger partial charge >= 0.3 is 5.97 Å². The van der Waals surface area contributed by atoms with E-state index in [0.717, 1.165) is 11.3 Å². The lowest BCUT2D eigenvalue weighted by Crippen LogP contribution is -2.22. The molecule has 3 rings (SSSR count). The topological polar surface area (TPSA) is 117 Å². The number of thiophene rings is 1. The smallest absolute Gasteiger partial charge is 0.341 e. The van der Waals surface area contributed by atoms with Crippen LogP contribution < -0.4 is 20.5 Å². The molecule has 1 heterocycles. The number of primary amides is 1. The second-order valence-corrected chi connectivity index (χ2v) is 7.67. The zero-order valence-corrected chi connectivity index (χ0v) is 18.7. The van der Waals surface area contributed by atoms with Crippen LogP contribution in [0.25, 0.3) is 11.1 Å². The highest BCUT2D eigenvalue weighted by molar-refractivity contribution is 7.15. The van der Waals surface area contributed by atoms with Crippen molar-refractivity contribution in [3.63, 3.8) is 0 Å². The van der Waals surface area contributed by atoms with Crippen LogP contribution in [0.5, 0.6) is 11.5 Å². The third-order valence-electron chi connectivity index (χ3n) is 4.41. The molecule has 0 aliphatic carbocycles. The SMILES string of the molecule is COC(=O)c1c(-c2ccccc2Cl)csc1NC(=O)COc1ccc(OC)cc1C(N)=O. The summed E-state index contributed by atoms with van der Waals surface area (Å²) in [4.78, 5) is 36.6. The molecule has 3 aromatic rings. The van der Waals surface area contributed by atoms with Gasteiger partial charge in [-0.3, -0.25) is 9.59 Å². The third kappa shape index (κ3) is 5.01. The van der Waals surface area contributed by atoms with Crippen LogP contribution in [0.2, 0.25) is 5.02 Å². The molecule has 32 heavy (non-hydrogen) atoms. The number of nitrogens with one attached hydrogen (secondary N) is 1. The van der Waals surface area contributed by atoms with E-state index in [1.165, 1.54) is 26.4 Å². The highest BCUT2D eigenvalue weighted by Gasteiger charge is 2.23. The van der Waals surface area contributed by atoms with E-state index in [1.807, 2.05) is 0 Å². The molecule has 8 nitrogen and oxygen atoms in total. The maximum Gasteiger partial charge on any atom is 0.341 e. The maximum absolute atomic E-state index is 12.5. The summed E-state index contributed by atoms with van der Waals surface area (Å²) < 4.78 is 15.4. The summed E-state index contributed by atoms with van der Waals surface area (Å²) in [6.07, 6.45) is 0. The standard InChI is InChI=1S/C22H19ClN2O6S/c1-29-12-7-8-17(14(9-12)20(24)27)31-10-18(26)25-21-19(22(28)30-2)15(11-32-21)13-5-3-4-6-16(13)23/h3-9,11H,10H2,1-2H3,(H2,24,27)(H,25,26). The minimum absolute atomic E-state index is 0.0736. The largest absolute Gasteiger partial charge is 0.497 e. The highest BCUT2D eigenvalue weighted by Crippen LogP contribution is 2.39. The maximum atomic E-state index is 12.5. The highest BCUT2D eigenvalue weighted by atomic mass is 35.5. The van der Waals surface area contributed by atoms with Crippen molar-refractivity contribution in [2.45, 2.75) is 0 Å². The molecule has 0 unspecified atom stereocenters. The van der Waals surface area contributed by atoms with Crippen LogP contribution >= 0.6 is 22.9 Å². The van der Waals surface area contributed by atoms with Crippen LogP contribution in [0.3, 0.4) is 0 Å². The molecule has 1 aromatic heterocycles. The first-order chi connectivity index (χ1) is 15.3. The van der Waals surface area contributed by atoms with Crippen LogP contribution in [0.4, 0.5) is 5.00 Å². The molecule has 0 aliphatic heterocycles. The zero-order chi connectivity index (χ0) is 23.3. The van der Waals surface area contributed by atoms with Gasteiger partial charge < -0.3 is 25.3 Å².